The summed E-state index contributed by atoms with van der Waals surface area (Å²) in [5.41, 5.74) is 4.12. The van der Waals surface area contributed by atoms with Gasteiger partial charge in [-0.1, -0.05) is 36.4 Å². The van der Waals surface area contributed by atoms with Crippen molar-refractivity contribution in [2.45, 2.75) is 31.5 Å². The fraction of sp³-hybridized carbons (Fsp3) is 0.294. The molecule has 0 aromatic heterocycles. The van der Waals surface area contributed by atoms with Crippen LogP contribution in [0.5, 0.6) is 5.75 Å². The van der Waals surface area contributed by atoms with Crippen LogP contribution in [0, 0.1) is 0 Å². The molecule has 1 heterocycles. The third kappa shape index (κ3) is 2.13. The van der Waals surface area contributed by atoms with Crippen LogP contribution in [0.2, 0.25) is 0 Å². The zero-order valence-electron chi connectivity index (χ0n) is 10.8. The summed E-state index contributed by atoms with van der Waals surface area (Å²) in [7, 11) is 0. The van der Waals surface area contributed by atoms with Crippen molar-refractivity contribution in [3.8, 4) is 5.75 Å². The summed E-state index contributed by atoms with van der Waals surface area (Å²) in [6, 6.07) is 17.5. The van der Waals surface area contributed by atoms with E-state index in [9.17, 15) is 0 Å². The summed E-state index contributed by atoms with van der Waals surface area (Å²) in [6.45, 7) is 0.959. The van der Waals surface area contributed by atoms with Gasteiger partial charge in [-0.25, -0.2) is 0 Å². The highest BCUT2D eigenvalue weighted by Gasteiger charge is 2.24. The number of ether oxygens (including phenoxy) is 1. The molecule has 1 fully saturated rings. The molecule has 1 unspecified atom stereocenters. The monoisotopic (exact) mass is 251 g/mol. The molecule has 0 saturated heterocycles. The molecule has 96 valence electrons. The van der Waals surface area contributed by atoms with Crippen LogP contribution in [-0.2, 0) is 6.54 Å². The van der Waals surface area contributed by atoms with Crippen molar-refractivity contribution in [1.29, 1.82) is 0 Å². The molecule has 1 aliphatic heterocycles. The maximum absolute atomic E-state index is 5.79. The van der Waals surface area contributed by atoms with Crippen molar-refractivity contribution in [3.05, 3.63) is 65.2 Å². The molecule has 0 radical (unpaired) electrons. The van der Waals surface area contributed by atoms with E-state index in [0.29, 0.717) is 12.1 Å². The highest BCUT2D eigenvalue weighted by Crippen LogP contribution is 2.32. The zero-order chi connectivity index (χ0) is 12.7. The first-order chi connectivity index (χ1) is 9.40. The molecule has 1 aliphatic carbocycles. The van der Waals surface area contributed by atoms with Crippen molar-refractivity contribution < 1.29 is 4.74 Å². The maximum Gasteiger partial charge on any atom is 0.119 e. The largest absolute Gasteiger partial charge is 0.490 e. The van der Waals surface area contributed by atoms with Crippen molar-refractivity contribution in [2.75, 3.05) is 0 Å². The van der Waals surface area contributed by atoms with Gasteiger partial charge in [-0.05, 0) is 41.7 Å². The van der Waals surface area contributed by atoms with Crippen molar-refractivity contribution in [3.63, 3.8) is 0 Å². The molecule has 2 aromatic carbocycles. The molecule has 1 N–H and O–H groups in total. The Hall–Kier alpha value is -1.80. The van der Waals surface area contributed by atoms with Gasteiger partial charge in [0.1, 0.15) is 5.75 Å². The van der Waals surface area contributed by atoms with Crippen LogP contribution in [0.15, 0.2) is 48.5 Å². The number of hydrogen-bond donors (Lipinski definition) is 1. The van der Waals surface area contributed by atoms with Crippen LogP contribution >= 0.6 is 0 Å². The van der Waals surface area contributed by atoms with E-state index in [2.05, 4.69) is 53.8 Å². The highest BCUT2D eigenvalue weighted by molar-refractivity contribution is 5.42. The molecule has 0 bridgehead atoms. The smallest absolute Gasteiger partial charge is 0.119 e. The van der Waals surface area contributed by atoms with Gasteiger partial charge in [0.2, 0.25) is 0 Å². The van der Waals surface area contributed by atoms with Crippen molar-refractivity contribution >= 4 is 0 Å². The highest BCUT2D eigenvalue weighted by atomic mass is 16.5. The number of benzene rings is 2. The Morgan fingerprint density at radius 1 is 0.947 bits per heavy atom. The molecular weight excluding hydrogens is 234 g/mol. The number of nitrogens with one attached hydrogen (secondary N) is 1. The van der Waals surface area contributed by atoms with Crippen LogP contribution in [-0.4, -0.2) is 6.10 Å². The standard InChI is InChI=1S/C17H17NO/c1-2-4-16-13(3-1)11-18-17(16)12-5-7-14(8-6-12)19-15-9-10-15/h1-8,15,17-18H,9-11H2. The Bertz CT molecular complexity index is 586. The van der Waals surface area contributed by atoms with Gasteiger partial charge >= 0.3 is 0 Å². The zero-order valence-corrected chi connectivity index (χ0v) is 10.8. The molecule has 2 heteroatoms. The molecule has 1 atom stereocenters. The van der Waals surface area contributed by atoms with Gasteiger partial charge < -0.3 is 10.1 Å². The lowest BCUT2D eigenvalue weighted by Crippen LogP contribution is -2.13. The second-order valence-electron chi connectivity index (χ2n) is 5.40. The minimum atomic E-state index is 0.325. The summed E-state index contributed by atoms with van der Waals surface area (Å²) < 4.78 is 5.79. The van der Waals surface area contributed by atoms with E-state index in [4.69, 9.17) is 4.74 Å². The van der Waals surface area contributed by atoms with E-state index >= 15 is 0 Å². The Labute approximate surface area is 113 Å². The lowest BCUT2D eigenvalue weighted by atomic mass is 9.98. The van der Waals surface area contributed by atoms with E-state index < -0.39 is 0 Å². The van der Waals surface area contributed by atoms with Crippen LogP contribution in [0.4, 0.5) is 0 Å². The topological polar surface area (TPSA) is 21.3 Å². The average molecular weight is 251 g/mol. The number of rotatable bonds is 3. The van der Waals surface area contributed by atoms with E-state index in [-0.39, 0.29) is 0 Å². The lowest BCUT2D eigenvalue weighted by Gasteiger charge is -2.13. The van der Waals surface area contributed by atoms with Crippen LogP contribution in [0.1, 0.15) is 35.6 Å². The van der Waals surface area contributed by atoms with Gasteiger partial charge in [0, 0.05) is 6.54 Å². The Balaban J connectivity index is 1.59. The number of fused-ring (bicyclic) bond motifs is 1. The van der Waals surface area contributed by atoms with Gasteiger partial charge in [0.15, 0.2) is 0 Å². The molecule has 2 aliphatic rings. The summed E-state index contributed by atoms with van der Waals surface area (Å²) in [6.07, 6.45) is 2.88. The van der Waals surface area contributed by atoms with Crippen LogP contribution < -0.4 is 10.1 Å². The summed E-state index contributed by atoms with van der Waals surface area (Å²) in [5.74, 6) is 0.998. The fourth-order valence-electron chi connectivity index (χ4n) is 2.71. The minimum absolute atomic E-state index is 0.325. The van der Waals surface area contributed by atoms with E-state index in [1.165, 1.54) is 29.5 Å². The molecule has 0 amide bonds. The molecule has 2 nitrogen and oxygen atoms in total. The number of hydrogen-bond acceptors (Lipinski definition) is 2. The van der Waals surface area contributed by atoms with Crippen LogP contribution in [0.3, 0.4) is 0 Å². The third-order valence-electron chi connectivity index (χ3n) is 3.90. The minimum Gasteiger partial charge on any atom is -0.490 e. The molecule has 0 spiro atoms. The normalized spacial score (nSPS) is 21.2. The molecule has 1 saturated carbocycles. The maximum atomic E-state index is 5.79. The van der Waals surface area contributed by atoms with Gasteiger partial charge in [-0.15, -0.1) is 0 Å². The SMILES string of the molecule is c1ccc2c(c1)CNC2c1ccc(OC2CC2)cc1. The first kappa shape index (κ1) is 11.1. The fourth-order valence-corrected chi connectivity index (χ4v) is 2.71. The lowest BCUT2D eigenvalue weighted by molar-refractivity contribution is 0.303. The summed E-state index contributed by atoms with van der Waals surface area (Å²) in [5, 5.41) is 3.57. The van der Waals surface area contributed by atoms with Gasteiger partial charge in [0.05, 0.1) is 12.1 Å². The predicted molar refractivity (Wildman–Crippen MR) is 75.2 cm³/mol. The second kappa shape index (κ2) is 4.39. The Morgan fingerprint density at radius 2 is 1.74 bits per heavy atom. The van der Waals surface area contributed by atoms with Crippen LogP contribution in [0.25, 0.3) is 0 Å². The molecular formula is C17H17NO. The van der Waals surface area contributed by atoms with E-state index in [1.54, 1.807) is 0 Å². The molecule has 2 aromatic rings. The van der Waals surface area contributed by atoms with Crippen molar-refractivity contribution in [1.82, 2.24) is 5.32 Å². The first-order valence-corrected chi connectivity index (χ1v) is 6.98. The van der Waals surface area contributed by atoms with E-state index in [0.717, 1.165) is 12.3 Å². The Kier molecular flexibility index (Phi) is 2.56. The van der Waals surface area contributed by atoms with Gasteiger partial charge in [-0.2, -0.15) is 0 Å². The van der Waals surface area contributed by atoms with Gasteiger partial charge in [-0.3, -0.25) is 0 Å². The average Bonchev–Trinajstić information content (AvgIpc) is 3.16. The van der Waals surface area contributed by atoms with Gasteiger partial charge in [0.25, 0.3) is 0 Å². The quantitative estimate of drug-likeness (QED) is 0.902. The molecule has 4 rings (SSSR count). The second-order valence-corrected chi connectivity index (χ2v) is 5.40. The molecule has 19 heavy (non-hydrogen) atoms. The first-order valence-electron chi connectivity index (χ1n) is 6.98. The summed E-state index contributed by atoms with van der Waals surface area (Å²) >= 11 is 0. The third-order valence-corrected chi connectivity index (χ3v) is 3.90. The Morgan fingerprint density at radius 3 is 2.53 bits per heavy atom. The van der Waals surface area contributed by atoms with E-state index in [1.807, 2.05) is 0 Å². The summed E-state index contributed by atoms with van der Waals surface area (Å²) in [4.78, 5) is 0. The van der Waals surface area contributed by atoms with Crippen molar-refractivity contribution in [2.24, 2.45) is 0 Å². The predicted octanol–water partition coefficient (Wildman–Crippen LogP) is 3.42.